The molecule has 0 rings (SSSR count). The SMILES string of the molecule is CC(C(=O)O)=S(CCN)SCCN. The number of nitrogens with two attached hydrogens (primary N) is 2. The summed E-state index contributed by atoms with van der Waals surface area (Å²) in [6.07, 6.45) is 0. The van der Waals surface area contributed by atoms with Crippen LogP contribution in [0.25, 0.3) is 0 Å². The molecule has 0 spiro atoms. The van der Waals surface area contributed by atoms with Crippen molar-refractivity contribution in [3.63, 3.8) is 0 Å². The summed E-state index contributed by atoms with van der Waals surface area (Å²) < 4.78 is 0. The molecule has 1 unspecified atom stereocenters. The average molecular weight is 224 g/mol. The molecule has 5 N–H and O–H groups in total. The van der Waals surface area contributed by atoms with Crippen molar-refractivity contribution in [2.45, 2.75) is 6.92 Å². The summed E-state index contributed by atoms with van der Waals surface area (Å²) >= 11 is 0. The fraction of sp³-hybridized carbons (Fsp3) is 0.714. The Morgan fingerprint density at radius 2 is 2.08 bits per heavy atom. The second-order valence-electron chi connectivity index (χ2n) is 2.31. The second-order valence-corrected chi connectivity index (χ2v) is 6.58. The van der Waals surface area contributed by atoms with Gasteiger partial charge in [-0.2, -0.15) is 0 Å². The van der Waals surface area contributed by atoms with Gasteiger partial charge in [0.25, 0.3) is 0 Å². The molecule has 0 bridgehead atoms. The summed E-state index contributed by atoms with van der Waals surface area (Å²) in [4.78, 5) is 11.2. The van der Waals surface area contributed by atoms with Gasteiger partial charge >= 0.3 is 5.97 Å². The zero-order valence-electron chi connectivity index (χ0n) is 7.66. The third-order valence-corrected chi connectivity index (χ3v) is 6.04. The molecule has 1 atom stereocenters. The zero-order chi connectivity index (χ0) is 10.3. The summed E-state index contributed by atoms with van der Waals surface area (Å²) in [6.45, 7) is 2.74. The van der Waals surface area contributed by atoms with Crippen LogP contribution in [-0.2, 0) is 4.79 Å². The predicted octanol–water partition coefficient (Wildman–Crippen LogP) is 0.0978. The molecule has 0 aliphatic heterocycles. The van der Waals surface area contributed by atoms with Crippen LogP contribution in [0.2, 0.25) is 0 Å². The van der Waals surface area contributed by atoms with Gasteiger partial charge in [-0.05, 0) is 6.92 Å². The second kappa shape index (κ2) is 7.37. The molecule has 0 aromatic rings. The lowest BCUT2D eigenvalue weighted by molar-refractivity contribution is -0.129. The van der Waals surface area contributed by atoms with Gasteiger partial charge in [0.2, 0.25) is 0 Å². The van der Waals surface area contributed by atoms with E-state index in [0.29, 0.717) is 18.0 Å². The van der Waals surface area contributed by atoms with E-state index in [1.54, 1.807) is 17.7 Å². The monoisotopic (exact) mass is 224 g/mol. The first-order chi connectivity index (χ1) is 6.13. The van der Waals surface area contributed by atoms with E-state index in [4.69, 9.17) is 16.6 Å². The largest absolute Gasteiger partial charge is 0.478 e. The van der Waals surface area contributed by atoms with E-state index < -0.39 is 5.97 Å². The maximum Gasteiger partial charge on any atom is 0.337 e. The summed E-state index contributed by atoms with van der Waals surface area (Å²) in [5.41, 5.74) is 10.7. The van der Waals surface area contributed by atoms with Crippen molar-refractivity contribution in [2.24, 2.45) is 11.5 Å². The van der Waals surface area contributed by atoms with E-state index >= 15 is 0 Å². The first-order valence-electron chi connectivity index (χ1n) is 3.94. The lowest BCUT2D eigenvalue weighted by atomic mass is 10.5. The molecule has 0 aromatic heterocycles. The first kappa shape index (κ1) is 13.0. The number of rotatable bonds is 6. The highest BCUT2D eigenvalue weighted by Gasteiger charge is 2.07. The summed E-state index contributed by atoms with van der Waals surface area (Å²) in [6, 6.07) is 0. The zero-order valence-corrected chi connectivity index (χ0v) is 9.29. The van der Waals surface area contributed by atoms with E-state index in [1.807, 2.05) is 0 Å². The lowest BCUT2D eigenvalue weighted by Gasteiger charge is -2.08. The predicted molar refractivity (Wildman–Crippen MR) is 61.3 cm³/mol. The minimum Gasteiger partial charge on any atom is -0.478 e. The maximum atomic E-state index is 10.7. The fourth-order valence-electron chi connectivity index (χ4n) is 0.654. The van der Waals surface area contributed by atoms with Crippen LogP contribution in [0.5, 0.6) is 0 Å². The Morgan fingerprint density at radius 1 is 1.46 bits per heavy atom. The summed E-state index contributed by atoms with van der Waals surface area (Å²) in [7, 11) is 1.32. The van der Waals surface area contributed by atoms with Crippen molar-refractivity contribution < 1.29 is 9.90 Å². The maximum absolute atomic E-state index is 10.7. The van der Waals surface area contributed by atoms with Crippen molar-refractivity contribution in [1.82, 2.24) is 0 Å². The van der Waals surface area contributed by atoms with Crippen molar-refractivity contribution in [3.8, 4) is 0 Å². The third kappa shape index (κ3) is 5.30. The normalized spacial score (nSPS) is 13.9. The number of carboxylic acid groups (broad SMARTS) is 1. The highest BCUT2D eigenvalue weighted by Crippen LogP contribution is 2.31. The van der Waals surface area contributed by atoms with Crippen molar-refractivity contribution in [1.29, 1.82) is 0 Å². The Morgan fingerprint density at radius 3 is 2.46 bits per heavy atom. The third-order valence-electron chi connectivity index (χ3n) is 1.29. The molecule has 0 amide bonds. The minimum absolute atomic E-state index is 0.270. The van der Waals surface area contributed by atoms with Crippen LogP contribution in [0.15, 0.2) is 0 Å². The molecule has 0 heterocycles. The summed E-state index contributed by atoms with van der Waals surface area (Å²) in [5, 5.41) is 8.76. The molecule has 0 radical (unpaired) electrons. The smallest absolute Gasteiger partial charge is 0.337 e. The number of hydrogen-bond donors (Lipinski definition) is 3. The Kier molecular flexibility index (Phi) is 7.35. The van der Waals surface area contributed by atoms with E-state index in [0.717, 1.165) is 11.5 Å². The highest BCUT2D eigenvalue weighted by atomic mass is 33.1. The van der Waals surface area contributed by atoms with Crippen LogP contribution < -0.4 is 11.5 Å². The van der Waals surface area contributed by atoms with Gasteiger partial charge in [-0.3, -0.25) is 0 Å². The van der Waals surface area contributed by atoms with Crippen LogP contribution >= 0.6 is 20.3 Å². The van der Waals surface area contributed by atoms with E-state index in [-0.39, 0.29) is 9.52 Å². The van der Waals surface area contributed by atoms with Crippen LogP contribution in [0, 0.1) is 0 Å². The average Bonchev–Trinajstić information content (AvgIpc) is 2.11. The van der Waals surface area contributed by atoms with Crippen molar-refractivity contribution in [2.75, 3.05) is 24.6 Å². The van der Waals surface area contributed by atoms with Gasteiger partial charge in [-0.1, -0.05) is 10.8 Å². The molecule has 0 saturated heterocycles. The molecular weight excluding hydrogens is 208 g/mol. The molecular formula is C7H16N2O2S2. The van der Waals surface area contributed by atoms with Gasteiger partial charge in [0, 0.05) is 24.6 Å². The van der Waals surface area contributed by atoms with Crippen LogP contribution in [-0.4, -0.2) is 40.5 Å². The van der Waals surface area contributed by atoms with Gasteiger partial charge in [0.05, 0.1) is 4.86 Å². The molecule has 13 heavy (non-hydrogen) atoms. The molecule has 78 valence electrons. The lowest BCUT2D eigenvalue weighted by Crippen LogP contribution is -2.12. The fourth-order valence-corrected chi connectivity index (χ4v) is 4.24. The Hall–Kier alpha value is -0.0400. The molecule has 0 fully saturated rings. The van der Waals surface area contributed by atoms with Gasteiger partial charge in [-0.15, -0.1) is 9.52 Å². The van der Waals surface area contributed by atoms with Gasteiger partial charge in [0.15, 0.2) is 0 Å². The Bertz CT molecular complexity index is 207. The topological polar surface area (TPSA) is 89.3 Å². The van der Waals surface area contributed by atoms with Crippen LogP contribution in [0.4, 0.5) is 0 Å². The van der Waals surface area contributed by atoms with Gasteiger partial charge in [-0.25, -0.2) is 4.79 Å². The Balaban J connectivity index is 4.37. The number of aliphatic carboxylic acids is 1. The van der Waals surface area contributed by atoms with Crippen molar-refractivity contribution >= 4 is 31.1 Å². The number of carbonyl (C=O) groups is 1. The van der Waals surface area contributed by atoms with E-state index in [9.17, 15) is 4.79 Å². The molecule has 0 aromatic carbocycles. The van der Waals surface area contributed by atoms with Gasteiger partial charge < -0.3 is 16.6 Å². The minimum atomic E-state index is -0.832. The van der Waals surface area contributed by atoms with Gasteiger partial charge in [0.1, 0.15) is 0 Å². The van der Waals surface area contributed by atoms with Crippen LogP contribution in [0.3, 0.4) is 0 Å². The highest BCUT2D eigenvalue weighted by molar-refractivity contribution is 8.84. The summed E-state index contributed by atoms with van der Waals surface area (Å²) in [5.74, 6) is 0.678. The van der Waals surface area contributed by atoms with E-state index in [1.165, 1.54) is 0 Å². The number of hydrogen-bond acceptors (Lipinski definition) is 4. The first-order valence-corrected chi connectivity index (χ1v) is 6.84. The quantitative estimate of drug-likeness (QED) is 0.440. The molecule has 0 saturated carbocycles. The molecule has 0 aliphatic rings. The number of carboxylic acids is 1. The molecule has 4 nitrogen and oxygen atoms in total. The van der Waals surface area contributed by atoms with E-state index in [2.05, 4.69) is 0 Å². The Labute approximate surface area is 84.4 Å². The van der Waals surface area contributed by atoms with Crippen molar-refractivity contribution in [3.05, 3.63) is 0 Å². The molecule has 6 heteroatoms. The molecule has 0 aliphatic carbocycles. The standard InChI is InChI=1S/C7H16N2O2S2/c1-6(7(10)11)13(5-3-9)12-4-2-8/h2-5,8-9H2,1H3,(H,10,11). The van der Waals surface area contributed by atoms with Crippen LogP contribution in [0.1, 0.15) is 6.92 Å².